The summed E-state index contributed by atoms with van der Waals surface area (Å²) in [4.78, 5) is 0. The fraction of sp³-hybridized carbons (Fsp3) is 1.00. The molecule has 0 saturated carbocycles. The highest BCUT2D eigenvalue weighted by molar-refractivity contribution is 7.18. The summed E-state index contributed by atoms with van der Waals surface area (Å²) in [6.45, 7) is -0.598. The summed E-state index contributed by atoms with van der Waals surface area (Å²) < 4.78 is 4.73. The van der Waals surface area contributed by atoms with E-state index >= 15 is 0 Å². The first-order valence-corrected chi connectivity index (χ1v) is 4.30. The molecule has 6 atom stereocenters. The van der Waals surface area contributed by atoms with Crippen LogP contribution >= 0.6 is 9.24 Å². The molecule has 0 aromatic carbocycles. The molecule has 0 spiro atoms. The van der Waals surface area contributed by atoms with Gasteiger partial charge >= 0.3 is 0 Å². The predicted molar refractivity (Wildman–Crippen MR) is 44.6 cm³/mol. The lowest BCUT2D eigenvalue weighted by Crippen LogP contribution is -2.63. The van der Waals surface area contributed by atoms with Crippen LogP contribution in [0.25, 0.3) is 0 Å². The van der Waals surface area contributed by atoms with Crippen LogP contribution in [0.4, 0.5) is 0 Å². The van der Waals surface area contributed by atoms with Gasteiger partial charge in [0.2, 0.25) is 0 Å². The molecule has 1 unspecified atom stereocenters. The molecule has 0 radical (unpaired) electrons. The van der Waals surface area contributed by atoms with Crippen molar-refractivity contribution in [2.45, 2.75) is 29.9 Å². The van der Waals surface area contributed by atoms with Gasteiger partial charge in [0.25, 0.3) is 0 Å². The number of aliphatic hydroxyl groups is 5. The van der Waals surface area contributed by atoms with Crippen molar-refractivity contribution in [1.29, 1.82) is 0 Å². The lowest BCUT2D eigenvalue weighted by atomic mass is 9.99. The molecule has 0 aromatic rings. The Balaban J connectivity index is 2.82. The smallest absolute Gasteiger partial charge is 0.184 e. The van der Waals surface area contributed by atoms with Gasteiger partial charge in [0.1, 0.15) is 23.7 Å². The summed E-state index contributed by atoms with van der Waals surface area (Å²) in [5, 5.41) is 44.0. The van der Waals surface area contributed by atoms with Crippen molar-refractivity contribution in [2.24, 2.45) is 0 Å². The highest BCUT2D eigenvalue weighted by Gasteiger charge is 2.50. The predicted octanol–water partition coefficient (Wildman–Crippen LogP) is -3.02. The summed E-state index contributed by atoms with van der Waals surface area (Å²) in [5.41, 5.74) is 0. The summed E-state index contributed by atoms with van der Waals surface area (Å²) in [6.07, 6.45) is -6.22. The molecule has 5 N–H and O–H groups in total. The zero-order chi connectivity index (χ0) is 10.2. The molecular formula is C6H13O6P. The molecule has 0 bridgehead atoms. The second-order valence-electron chi connectivity index (χ2n) is 3.05. The maximum atomic E-state index is 9.36. The summed E-state index contributed by atoms with van der Waals surface area (Å²) in [7, 11) is 1.99. The van der Waals surface area contributed by atoms with Crippen molar-refractivity contribution in [3.8, 4) is 0 Å². The number of aliphatic hydroxyl groups excluding tert-OH is 5. The van der Waals surface area contributed by atoms with Crippen molar-refractivity contribution in [3.63, 3.8) is 0 Å². The average Bonchev–Trinajstić information content (AvgIpc) is 2.12. The highest BCUT2D eigenvalue weighted by Crippen LogP contribution is 2.33. The van der Waals surface area contributed by atoms with Crippen LogP contribution in [0.15, 0.2) is 0 Å². The molecule has 78 valence electrons. The van der Waals surface area contributed by atoms with Gasteiger partial charge in [-0.25, -0.2) is 0 Å². The van der Waals surface area contributed by atoms with E-state index in [0.717, 1.165) is 0 Å². The second kappa shape index (κ2) is 3.74. The third-order valence-corrected chi connectivity index (χ3v) is 2.71. The summed E-state index contributed by atoms with van der Waals surface area (Å²) >= 11 is 0. The molecule has 13 heavy (non-hydrogen) atoms. The zero-order valence-corrected chi connectivity index (χ0v) is 7.89. The van der Waals surface area contributed by atoms with E-state index < -0.39 is 36.6 Å². The van der Waals surface area contributed by atoms with Gasteiger partial charge in [0.05, 0.1) is 6.61 Å². The Bertz CT molecular complexity index is 190. The molecule has 0 amide bonds. The first-order chi connectivity index (χ1) is 5.92. The summed E-state index contributed by atoms with van der Waals surface area (Å²) in [5.74, 6) is 0. The van der Waals surface area contributed by atoms with Crippen molar-refractivity contribution in [2.75, 3.05) is 6.61 Å². The maximum absolute atomic E-state index is 9.36. The van der Waals surface area contributed by atoms with Crippen molar-refractivity contribution < 1.29 is 30.3 Å². The van der Waals surface area contributed by atoms with Gasteiger partial charge in [-0.1, -0.05) is 9.24 Å². The SMILES string of the molecule is OC[C@]1(P)O[C@H](O)[C@H](O)[C@H](O)[C@@H]1O. The number of hydrogen-bond acceptors (Lipinski definition) is 6. The molecule has 1 saturated heterocycles. The van der Waals surface area contributed by atoms with E-state index in [9.17, 15) is 10.2 Å². The summed E-state index contributed by atoms with van der Waals surface area (Å²) in [6, 6.07) is 0. The van der Waals surface area contributed by atoms with Crippen LogP contribution in [0.5, 0.6) is 0 Å². The Morgan fingerprint density at radius 1 is 1.15 bits per heavy atom. The number of hydrogen-bond donors (Lipinski definition) is 5. The van der Waals surface area contributed by atoms with Crippen LogP contribution in [-0.2, 0) is 4.74 Å². The van der Waals surface area contributed by atoms with Crippen LogP contribution in [0.3, 0.4) is 0 Å². The van der Waals surface area contributed by atoms with Crippen molar-refractivity contribution in [1.82, 2.24) is 0 Å². The van der Waals surface area contributed by atoms with Gasteiger partial charge in [-0.05, 0) is 0 Å². The van der Waals surface area contributed by atoms with Crippen LogP contribution in [0, 0.1) is 0 Å². The Morgan fingerprint density at radius 2 is 1.69 bits per heavy atom. The van der Waals surface area contributed by atoms with Crippen LogP contribution in [0.1, 0.15) is 0 Å². The number of ether oxygens (including phenoxy) is 1. The Hall–Kier alpha value is 0.190. The standard InChI is InChI=1S/C6H13O6P/c7-1-6(13)4(10)2(8)3(9)5(11)12-6/h2-5,7-11H,1,13H2/t2-,3+,4-,5-,6+/m0/s1. The fourth-order valence-corrected chi connectivity index (χ4v) is 1.48. The minimum absolute atomic E-state index is 0.598. The lowest BCUT2D eigenvalue weighted by Gasteiger charge is -2.44. The molecule has 1 rings (SSSR count). The highest BCUT2D eigenvalue weighted by atomic mass is 31.0. The second-order valence-corrected chi connectivity index (χ2v) is 4.02. The van der Waals surface area contributed by atoms with Crippen molar-refractivity contribution in [3.05, 3.63) is 0 Å². The molecule has 1 aliphatic rings. The van der Waals surface area contributed by atoms with E-state index in [-0.39, 0.29) is 0 Å². The Kier molecular flexibility index (Phi) is 3.24. The molecule has 1 fully saturated rings. The third-order valence-electron chi connectivity index (χ3n) is 2.05. The van der Waals surface area contributed by atoms with Gasteiger partial charge < -0.3 is 30.3 Å². The van der Waals surface area contributed by atoms with Gasteiger partial charge in [0.15, 0.2) is 6.29 Å². The first-order valence-electron chi connectivity index (χ1n) is 3.72. The molecular weight excluding hydrogens is 199 g/mol. The fourth-order valence-electron chi connectivity index (χ4n) is 1.14. The average molecular weight is 212 g/mol. The Morgan fingerprint density at radius 3 is 2.15 bits per heavy atom. The normalized spacial score (nSPS) is 52.2. The molecule has 1 aliphatic heterocycles. The Labute approximate surface area is 77.0 Å². The molecule has 6 nitrogen and oxygen atoms in total. The van der Waals surface area contributed by atoms with Crippen LogP contribution in [0.2, 0.25) is 0 Å². The maximum Gasteiger partial charge on any atom is 0.184 e. The number of rotatable bonds is 1. The minimum Gasteiger partial charge on any atom is -0.393 e. The lowest BCUT2D eigenvalue weighted by molar-refractivity contribution is -0.298. The molecule has 7 heteroatoms. The van der Waals surface area contributed by atoms with Gasteiger partial charge in [0, 0.05) is 0 Å². The van der Waals surface area contributed by atoms with Gasteiger partial charge in [-0.3, -0.25) is 0 Å². The van der Waals surface area contributed by atoms with E-state index in [4.69, 9.17) is 20.1 Å². The third kappa shape index (κ3) is 1.85. The van der Waals surface area contributed by atoms with E-state index in [1.54, 1.807) is 0 Å². The minimum atomic E-state index is -1.62. The van der Waals surface area contributed by atoms with Gasteiger partial charge in [-0.2, -0.15) is 0 Å². The van der Waals surface area contributed by atoms with Crippen LogP contribution in [-0.4, -0.2) is 62.1 Å². The largest absolute Gasteiger partial charge is 0.393 e. The monoisotopic (exact) mass is 212 g/mol. The topological polar surface area (TPSA) is 110 Å². The van der Waals surface area contributed by atoms with Crippen molar-refractivity contribution >= 4 is 9.24 Å². The quantitative estimate of drug-likeness (QED) is 0.296. The zero-order valence-electron chi connectivity index (χ0n) is 6.74. The van der Waals surface area contributed by atoms with E-state index in [2.05, 4.69) is 0 Å². The van der Waals surface area contributed by atoms with E-state index in [0.29, 0.717) is 0 Å². The molecule has 0 aliphatic carbocycles. The molecule has 1 heterocycles. The first kappa shape index (κ1) is 11.3. The molecule has 0 aromatic heterocycles. The van der Waals surface area contributed by atoms with Crippen LogP contribution < -0.4 is 0 Å². The van der Waals surface area contributed by atoms with E-state index in [1.807, 2.05) is 9.24 Å². The van der Waals surface area contributed by atoms with Gasteiger partial charge in [-0.15, -0.1) is 0 Å². The van der Waals surface area contributed by atoms with E-state index in [1.165, 1.54) is 0 Å².